The number of anilines is 1. The smallest absolute Gasteiger partial charge is 0.226 e. The lowest BCUT2D eigenvalue weighted by Crippen LogP contribution is -2.33. The lowest BCUT2D eigenvalue weighted by atomic mass is 9.93. The molecule has 3 aromatic rings. The maximum Gasteiger partial charge on any atom is 0.226 e. The summed E-state index contributed by atoms with van der Waals surface area (Å²) in [7, 11) is 0. The average molecular weight is 408 g/mol. The van der Waals surface area contributed by atoms with Gasteiger partial charge in [0.1, 0.15) is 18.3 Å². The molecule has 0 spiro atoms. The number of hydrogen-bond acceptors (Lipinski definition) is 4. The predicted octanol–water partition coefficient (Wildman–Crippen LogP) is 3.82. The van der Waals surface area contributed by atoms with E-state index in [0.29, 0.717) is 16.4 Å². The van der Waals surface area contributed by atoms with Crippen molar-refractivity contribution in [3.8, 4) is 5.69 Å². The van der Waals surface area contributed by atoms with E-state index in [1.807, 2.05) is 30.3 Å². The molecule has 2 amide bonds. The van der Waals surface area contributed by atoms with Gasteiger partial charge in [-0.25, -0.2) is 9.67 Å². The first-order valence-corrected chi connectivity index (χ1v) is 9.42. The van der Waals surface area contributed by atoms with Crippen LogP contribution in [0.15, 0.2) is 61.3 Å². The molecule has 0 bridgehead atoms. The van der Waals surface area contributed by atoms with Crippen LogP contribution >= 0.6 is 11.6 Å². The van der Waals surface area contributed by atoms with Crippen molar-refractivity contribution in [2.75, 3.05) is 5.32 Å². The lowest BCUT2D eigenvalue weighted by molar-refractivity contribution is -0.129. The summed E-state index contributed by atoms with van der Waals surface area (Å²) in [5, 5.41) is 7.44. The van der Waals surface area contributed by atoms with Crippen LogP contribution in [0.1, 0.15) is 30.5 Å². The lowest BCUT2D eigenvalue weighted by Gasteiger charge is -2.32. The second-order valence-electron chi connectivity index (χ2n) is 6.62. The van der Waals surface area contributed by atoms with E-state index >= 15 is 0 Å². The maximum atomic E-state index is 12.9. The van der Waals surface area contributed by atoms with Gasteiger partial charge in [-0.2, -0.15) is 5.10 Å². The van der Waals surface area contributed by atoms with Crippen molar-refractivity contribution in [1.82, 2.24) is 19.7 Å². The molecule has 2 heterocycles. The zero-order chi connectivity index (χ0) is 20.4. The van der Waals surface area contributed by atoms with Crippen LogP contribution in [0.5, 0.6) is 0 Å². The van der Waals surface area contributed by atoms with E-state index < -0.39 is 0 Å². The Morgan fingerprint density at radius 3 is 2.76 bits per heavy atom. The molecule has 8 heteroatoms. The predicted molar refractivity (Wildman–Crippen MR) is 110 cm³/mol. The molecule has 146 valence electrons. The molecule has 29 heavy (non-hydrogen) atoms. The molecule has 1 unspecified atom stereocenters. The van der Waals surface area contributed by atoms with Gasteiger partial charge in [0.2, 0.25) is 11.8 Å². The highest BCUT2D eigenvalue weighted by atomic mass is 35.5. The third kappa shape index (κ3) is 3.77. The van der Waals surface area contributed by atoms with Crippen LogP contribution < -0.4 is 5.32 Å². The van der Waals surface area contributed by atoms with Gasteiger partial charge in [0.05, 0.1) is 23.2 Å². The number of para-hydroxylation sites is 1. The van der Waals surface area contributed by atoms with Crippen LogP contribution in [-0.2, 0) is 9.59 Å². The zero-order valence-electron chi connectivity index (χ0n) is 15.6. The van der Waals surface area contributed by atoms with Crippen LogP contribution in [0.2, 0.25) is 5.02 Å². The zero-order valence-corrected chi connectivity index (χ0v) is 16.4. The van der Waals surface area contributed by atoms with E-state index in [0.717, 1.165) is 11.1 Å². The van der Waals surface area contributed by atoms with Gasteiger partial charge in [0, 0.05) is 13.1 Å². The summed E-state index contributed by atoms with van der Waals surface area (Å²) in [5.74, 6) is -0.366. The van der Waals surface area contributed by atoms with Crippen LogP contribution in [-0.4, -0.2) is 31.5 Å². The fraction of sp³-hybridized carbons (Fsp3) is 0.143. The van der Waals surface area contributed by atoms with Crippen LogP contribution in [0.3, 0.4) is 0 Å². The highest BCUT2D eigenvalue weighted by molar-refractivity contribution is 6.33. The summed E-state index contributed by atoms with van der Waals surface area (Å²) in [4.78, 5) is 30.6. The number of amides is 2. The van der Waals surface area contributed by atoms with Crippen molar-refractivity contribution in [2.24, 2.45) is 0 Å². The van der Waals surface area contributed by atoms with Crippen LogP contribution in [0.25, 0.3) is 11.8 Å². The first-order valence-electron chi connectivity index (χ1n) is 9.04. The summed E-state index contributed by atoms with van der Waals surface area (Å²) in [6, 6.07) is 12.6. The Balaban J connectivity index is 1.61. The molecule has 7 nitrogen and oxygen atoms in total. The molecular weight excluding hydrogens is 390 g/mol. The molecule has 0 saturated carbocycles. The molecule has 2 aromatic carbocycles. The molecule has 0 radical (unpaired) electrons. The minimum Gasteiger partial charge on any atom is -0.324 e. The average Bonchev–Trinajstić information content (AvgIpc) is 3.22. The number of nitrogens with one attached hydrogen (secondary N) is 1. The molecule has 0 saturated heterocycles. The summed E-state index contributed by atoms with van der Waals surface area (Å²) < 4.78 is 1.50. The van der Waals surface area contributed by atoms with E-state index in [1.165, 1.54) is 24.3 Å². The second kappa shape index (κ2) is 7.89. The van der Waals surface area contributed by atoms with Gasteiger partial charge in [-0.1, -0.05) is 41.9 Å². The van der Waals surface area contributed by atoms with E-state index in [9.17, 15) is 9.59 Å². The third-order valence-corrected chi connectivity index (χ3v) is 5.06. The Labute approximate surface area is 172 Å². The minimum absolute atomic E-state index is 0.101. The normalized spacial score (nSPS) is 15.1. The largest absolute Gasteiger partial charge is 0.324 e. The Kier molecular flexibility index (Phi) is 5.14. The molecule has 1 aromatic heterocycles. The number of aromatic nitrogens is 3. The maximum absolute atomic E-state index is 12.9. The first kappa shape index (κ1) is 18.9. The minimum atomic E-state index is -0.386. The van der Waals surface area contributed by atoms with Gasteiger partial charge in [-0.15, -0.1) is 0 Å². The Hall–Kier alpha value is -3.45. The SMILES string of the molecule is CC(=O)N1C=Cc2ccccc2C1CC(=O)Nc1cccc(Cl)c1-n1cncn1. The second-order valence-corrected chi connectivity index (χ2v) is 7.02. The number of halogens is 1. The molecule has 1 N–H and O–H groups in total. The summed E-state index contributed by atoms with van der Waals surface area (Å²) in [6.45, 7) is 1.49. The van der Waals surface area contributed by atoms with Gasteiger partial charge < -0.3 is 10.2 Å². The number of carbonyl (C=O) groups is 2. The van der Waals surface area contributed by atoms with Gasteiger partial charge in [0.25, 0.3) is 0 Å². The van der Waals surface area contributed by atoms with E-state index in [4.69, 9.17) is 11.6 Å². The van der Waals surface area contributed by atoms with Gasteiger partial charge in [-0.3, -0.25) is 9.59 Å². The fourth-order valence-corrected chi connectivity index (χ4v) is 3.72. The number of nitrogens with zero attached hydrogens (tertiary/aromatic N) is 4. The number of rotatable bonds is 4. The summed E-state index contributed by atoms with van der Waals surface area (Å²) >= 11 is 6.33. The fourth-order valence-electron chi connectivity index (χ4n) is 3.46. The topological polar surface area (TPSA) is 80.1 Å². The Morgan fingerprint density at radius 2 is 2.00 bits per heavy atom. The van der Waals surface area contributed by atoms with Crippen LogP contribution in [0, 0.1) is 0 Å². The van der Waals surface area contributed by atoms with Crippen LogP contribution in [0.4, 0.5) is 5.69 Å². The number of fused-ring (bicyclic) bond motifs is 1. The highest BCUT2D eigenvalue weighted by Crippen LogP contribution is 2.34. The molecular formula is C21H18ClN5O2. The van der Waals surface area contributed by atoms with E-state index in [1.54, 1.807) is 29.3 Å². The summed E-state index contributed by atoms with van der Waals surface area (Å²) in [5.41, 5.74) is 2.98. The van der Waals surface area contributed by atoms with Gasteiger partial charge >= 0.3 is 0 Å². The first-order chi connectivity index (χ1) is 14.0. The molecule has 1 atom stereocenters. The monoisotopic (exact) mass is 407 g/mol. The standard InChI is InChI=1S/C21H18ClN5O2/c1-14(28)26-10-9-15-5-2-3-6-16(15)19(26)11-20(29)25-18-8-4-7-17(22)21(18)27-13-23-12-24-27/h2-10,12-13,19H,11H2,1H3,(H,25,29). The van der Waals surface area contributed by atoms with Crippen molar-refractivity contribution in [3.05, 3.63) is 77.5 Å². The third-order valence-electron chi connectivity index (χ3n) is 4.76. The number of hydrogen-bond donors (Lipinski definition) is 1. The Bertz CT molecular complexity index is 1090. The van der Waals surface area contributed by atoms with Gasteiger partial charge in [-0.05, 0) is 29.3 Å². The van der Waals surface area contributed by atoms with E-state index in [-0.39, 0.29) is 24.3 Å². The van der Waals surface area contributed by atoms with Crippen molar-refractivity contribution in [2.45, 2.75) is 19.4 Å². The quantitative estimate of drug-likeness (QED) is 0.712. The van der Waals surface area contributed by atoms with Crippen molar-refractivity contribution < 1.29 is 9.59 Å². The summed E-state index contributed by atoms with van der Waals surface area (Å²) in [6.07, 6.45) is 6.61. The molecule has 1 aliphatic heterocycles. The number of carbonyl (C=O) groups excluding carboxylic acids is 2. The Morgan fingerprint density at radius 1 is 1.17 bits per heavy atom. The molecule has 0 fully saturated rings. The van der Waals surface area contributed by atoms with Crippen molar-refractivity contribution >= 4 is 35.2 Å². The van der Waals surface area contributed by atoms with Gasteiger partial charge in [0.15, 0.2) is 0 Å². The van der Waals surface area contributed by atoms with Crippen molar-refractivity contribution in [3.63, 3.8) is 0 Å². The molecule has 1 aliphatic rings. The molecule has 0 aliphatic carbocycles. The number of benzene rings is 2. The highest BCUT2D eigenvalue weighted by Gasteiger charge is 2.28. The van der Waals surface area contributed by atoms with E-state index in [2.05, 4.69) is 15.4 Å². The van der Waals surface area contributed by atoms with Crippen molar-refractivity contribution in [1.29, 1.82) is 0 Å². The molecule has 4 rings (SSSR count).